The Morgan fingerprint density at radius 2 is 2.12 bits per heavy atom. The van der Waals surface area contributed by atoms with Crippen molar-refractivity contribution in [3.05, 3.63) is 25.1 Å². The number of aliphatic hydroxyl groups is 1. The van der Waals surface area contributed by atoms with Gasteiger partial charge in [0.25, 0.3) is 0 Å². The first-order chi connectivity index (χ1) is 7.29. The molecule has 0 amide bonds. The SMILES string of the molecule is C=CCC(O)C1(NC(=C)OC(C)(C)C)CC1. The molecular weight excluding hydrogens is 202 g/mol. The van der Waals surface area contributed by atoms with Crippen molar-refractivity contribution in [3.63, 3.8) is 0 Å². The molecule has 0 bridgehead atoms. The molecule has 0 saturated heterocycles. The van der Waals surface area contributed by atoms with Crippen LogP contribution in [0, 0.1) is 0 Å². The van der Waals surface area contributed by atoms with Gasteiger partial charge in [0.2, 0.25) is 0 Å². The summed E-state index contributed by atoms with van der Waals surface area (Å²) in [5, 5.41) is 13.2. The van der Waals surface area contributed by atoms with Crippen LogP contribution in [0.1, 0.15) is 40.0 Å². The quantitative estimate of drug-likeness (QED) is 0.538. The molecule has 92 valence electrons. The van der Waals surface area contributed by atoms with Crippen molar-refractivity contribution in [3.8, 4) is 0 Å². The van der Waals surface area contributed by atoms with Crippen LogP contribution in [0.5, 0.6) is 0 Å². The molecule has 2 N–H and O–H groups in total. The van der Waals surface area contributed by atoms with Gasteiger partial charge in [-0.25, -0.2) is 0 Å². The molecule has 0 aromatic heterocycles. The zero-order valence-electron chi connectivity index (χ0n) is 10.5. The Kier molecular flexibility index (Phi) is 3.68. The molecule has 1 aliphatic rings. The Hall–Kier alpha value is -0.960. The predicted octanol–water partition coefficient (Wildman–Crippen LogP) is 2.33. The number of ether oxygens (including phenoxy) is 1. The van der Waals surface area contributed by atoms with Crippen LogP contribution in [0.2, 0.25) is 0 Å². The Balaban J connectivity index is 2.47. The molecule has 1 unspecified atom stereocenters. The highest BCUT2D eigenvalue weighted by Crippen LogP contribution is 2.41. The van der Waals surface area contributed by atoms with Gasteiger partial charge in [-0.15, -0.1) is 6.58 Å². The highest BCUT2D eigenvalue weighted by molar-refractivity contribution is 5.12. The molecular formula is C13H23NO2. The third-order valence-electron chi connectivity index (χ3n) is 2.63. The van der Waals surface area contributed by atoms with Crippen LogP contribution in [0.4, 0.5) is 0 Å². The van der Waals surface area contributed by atoms with E-state index in [1.54, 1.807) is 6.08 Å². The molecule has 0 aromatic rings. The van der Waals surface area contributed by atoms with Crippen molar-refractivity contribution in [2.75, 3.05) is 0 Å². The van der Waals surface area contributed by atoms with E-state index in [0.29, 0.717) is 12.3 Å². The zero-order chi connectivity index (χ0) is 12.4. The van der Waals surface area contributed by atoms with Crippen molar-refractivity contribution in [1.29, 1.82) is 0 Å². The van der Waals surface area contributed by atoms with E-state index >= 15 is 0 Å². The fourth-order valence-electron chi connectivity index (χ4n) is 1.73. The molecule has 1 saturated carbocycles. The molecule has 0 radical (unpaired) electrons. The predicted molar refractivity (Wildman–Crippen MR) is 65.9 cm³/mol. The van der Waals surface area contributed by atoms with Crippen LogP contribution in [0.3, 0.4) is 0 Å². The van der Waals surface area contributed by atoms with E-state index in [-0.39, 0.29) is 11.1 Å². The lowest BCUT2D eigenvalue weighted by Crippen LogP contribution is -2.43. The minimum absolute atomic E-state index is 0.240. The number of rotatable bonds is 6. The minimum Gasteiger partial charge on any atom is -0.474 e. The highest BCUT2D eigenvalue weighted by atomic mass is 16.5. The fourth-order valence-corrected chi connectivity index (χ4v) is 1.73. The van der Waals surface area contributed by atoms with Gasteiger partial charge in [0, 0.05) is 0 Å². The molecule has 16 heavy (non-hydrogen) atoms. The third kappa shape index (κ3) is 3.56. The Bertz CT molecular complexity index is 274. The lowest BCUT2D eigenvalue weighted by atomic mass is 10.1. The first-order valence-corrected chi connectivity index (χ1v) is 5.74. The van der Waals surface area contributed by atoms with Crippen molar-refractivity contribution in [2.24, 2.45) is 0 Å². The second kappa shape index (κ2) is 4.50. The third-order valence-corrected chi connectivity index (χ3v) is 2.63. The lowest BCUT2D eigenvalue weighted by molar-refractivity contribution is 0.0259. The summed E-state index contributed by atoms with van der Waals surface area (Å²) in [5.41, 5.74) is -0.500. The van der Waals surface area contributed by atoms with E-state index in [9.17, 15) is 5.11 Å². The van der Waals surface area contributed by atoms with Gasteiger partial charge in [0.1, 0.15) is 5.60 Å². The second-order valence-corrected chi connectivity index (χ2v) is 5.46. The van der Waals surface area contributed by atoms with Crippen molar-refractivity contribution in [2.45, 2.75) is 57.3 Å². The van der Waals surface area contributed by atoms with E-state index in [1.807, 2.05) is 20.8 Å². The normalized spacial score (nSPS) is 19.8. The van der Waals surface area contributed by atoms with Gasteiger partial charge in [-0.2, -0.15) is 0 Å². The molecule has 0 aromatic carbocycles. The van der Waals surface area contributed by atoms with Crippen LogP contribution in [0.15, 0.2) is 25.1 Å². The van der Waals surface area contributed by atoms with Crippen LogP contribution < -0.4 is 5.32 Å². The van der Waals surface area contributed by atoms with Gasteiger partial charge in [-0.1, -0.05) is 6.08 Å². The second-order valence-electron chi connectivity index (χ2n) is 5.46. The maximum atomic E-state index is 9.96. The summed E-state index contributed by atoms with van der Waals surface area (Å²) >= 11 is 0. The summed E-state index contributed by atoms with van der Waals surface area (Å²) in [5.74, 6) is 0.535. The van der Waals surface area contributed by atoms with E-state index in [4.69, 9.17) is 4.74 Å². The average Bonchev–Trinajstić information content (AvgIpc) is 2.82. The molecule has 1 atom stereocenters. The monoisotopic (exact) mass is 225 g/mol. The summed E-state index contributed by atoms with van der Waals surface area (Å²) in [7, 11) is 0. The summed E-state index contributed by atoms with van der Waals surface area (Å²) in [4.78, 5) is 0. The van der Waals surface area contributed by atoms with Gasteiger partial charge in [0.15, 0.2) is 5.88 Å². The number of aliphatic hydroxyl groups excluding tert-OH is 1. The van der Waals surface area contributed by atoms with Crippen molar-refractivity contribution in [1.82, 2.24) is 5.32 Å². The summed E-state index contributed by atoms with van der Waals surface area (Å²) in [6.45, 7) is 13.4. The molecule has 1 aliphatic carbocycles. The van der Waals surface area contributed by atoms with E-state index in [0.717, 1.165) is 12.8 Å². The minimum atomic E-state index is -0.412. The van der Waals surface area contributed by atoms with Gasteiger partial charge < -0.3 is 15.2 Å². The maximum absolute atomic E-state index is 9.96. The summed E-state index contributed by atoms with van der Waals surface area (Å²) in [6, 6.07) is 0. The number of nitrogens with one attached hydrogen (secondary N) is 1. The zero-order valence-corrected chi connectivity index (χ0v) is 10.5. The van der Waals surface area contributed by atoms with Gasteiger partial charge >= 0.3 is 0 Å². The lowest BCUT2D eigenvalue weighted by Gasteiger charge is -2.29. The maximum Gasteiger partial charge on any atom is 0.180 e. The van der Waals surface area contributed by atoms with Crippen LogP contribution in [-0.2, 0) is 4.74 Å². The topological polar surface area (TPSA) is 41.5 Å². The Morgan fingerprint density at radius 1 is 1.56 bits per heavy atom. The van der Waals surface area contributed by atoms with Crippen LogP contribution in [0.25, 0.3) is 0 Å². The Labute approximate surface area is 98.2 Å². The smallest absolute Gasteiger partial charge is 0.180 e. The standard InChI is InChI=1S/C13H23NO2/c1-6-7-11(15)13(8-9-13)14-10(2)16-12(3,4)5/h6,11,14-15H,1-2,7-9H2,3-5H3. The largest absolute Gasteiger partial charge is 0.474 e. The fraction of sp³-hybridized carbons (Fsp3) is 0.692. The molecule has 0 aliphatic heterocycles. The van der Waals surface area contributed by atoms with Crippen LogP contribution in [-0.4, -0.2) is 22.4 Å². The average molecular weight is 225 g/mol. The molecule has 3 heteroatoms. The number of hydrogen-bond donors (Lipinski definition) is 2. The summed E-state index contributed by atoms with van der Waals surface area (Å²) < 4.78 is 5.60. The first-order valence-electron chi connectivity index (χ1n) is 5.74. The summed E-state index contributed by atoms with van der Waals surface area (Å²) in [6.07, 6.45) is 3.82. The van der Waals surface area contributed by atoms with E-state index in [2.05, 4.69) is 18.5 Å². The number of hydrogen-bond acceptors (Lipinski definition) is 3. The van der Waals surface area contributed by atoms with Crippen molar-refractivity contribution >= 4 is 0 Å². The van der Waals surface area contributed by atoms with E-state index < -0.39 is 6.10 Å². The molecule has 3 nitrogen and oxygen atoms in total. The van der Waals surface area contributed by atoms with Gasteiger partial charge in [-0.05, 0) is 46.6 Å². The van der Waals surface area contributed by atoms with E-state index in [1.165, 1.54) is 0 Å². The molecule has 0 spiro atoms. The molecule has 0 heterocycles. The van der Waals surface area contributed by atoms with Crippen LogP contribution >= 0.6 is 0 Å². The highest BCUT2D eigenvalue weighted by Gasteiger charge is 2.49. The molecule has 1 fully saturated rings. The molecule has 1 rings (SSSR count). The van der Waals surface area contributed by atoms with Gasteiger partial charge in [-0.3, -0.25) is 0 Å². The first kappa shape index (κ1) is 13.1. The van der Waals surface area contributed by atoms with Crippen molar-refractivity contribution < 1.29 is 9.84 Å². The Morgan fingerprint density at radius 3 is 2.50 bits per heavy atom. The van der Waals surface area contributed by atoms with Gasteiger partial charge in [0.05, 0.1) is 11.6 Å².